The summed E-state index contributed by atoms with van der Waals surface area (Å²) in [7, 11) is 0. The number of rotatable bonds is 2. The zero-order chi connectivity index (χ0) is 16.4. The summed E-state index contributed by atoms with van der Waals surface area (Å²) >= 11 is 6.12. The summed E-state index contributed by atoms with van der Waals surface area (Å²) in [6.07, 6.45) is 4.20. The topological polar surface area (TPSA) is 46.3 Å². The smallest absolute Gasteiger partial charge is 0.259 e. The third-order valence-electron chi connectivity index (χ3n) is 4.17. The summed E-state index contributed by atoms with van der Waals surface area (Å²) < 4.78 is 19.4. The standard InChI is InChI=1S/C17H18ClFN2O2/c1-11-14(17(22)21-9-4-2-3-5-10-21)16(20-23-11)15-12(18)7-6-8-13(15)19/h6-8H,2-5,9-10H2,1H3. The van der Waals surface area contributed by atoms with Gasteiger partial charge in [0.1, 0.15) is 22.8 Å². The van der Waals surface area contributed by atoms with Gasteiger partial charge in [0.15, 0.2) is 0 Å². The number of hydrogen-bond donors (Lipinski definition) is 0. The Kier molecular flexibility index (Phi) is 4.66. The number of carbonyl (C=O) groups excluding carboxylic acids is 1. The summed E-state index contributed by atoms with van der Waals surface area (Å²) in [4.78, 5) is 14.7. The van der Waals surface area contributed by atoms with E-state index in [0.29, 0.717) is 24.4 Å². The average Bonchev–Trinajstić information content (AvgIpc) is 2.75. The number of likely N-dealkylation sites (tertiary alicyclic amines) is 1. The number of benzene rings is 1. The zero-order valence-corrected chi connectivity index (χ0v) is 13.7. The molecule has 1 aromatic carbocycles. The molecular formula is C17H18ClFN2O2. The van der Waals surface area contributed by atoms with Gasteiger partial charge in [-0.3, -0.25) is 4.79 Å². The van der Waals surface area contributed by atoms with E-state index < -0.39 is 5.82 Å². The van der Waals surface area contributed by atoms with Gasteiger partial charge in [-0.25, -0.2) is 4.39 Å². The maximum absolute atomic E-state index is 14.2. The van der Waals surface area contributed by atoms with E-state index in [-0.39, 0.29) is 22.2 Å². The third kappa shape index (κ3) is 3.11. The van der Waals surface area contributed by atoms with Crippen LogP contribution in [-0.4, -0.2) is 29.1 Å². The first kappa shape index (κ1) is 16.0. The third-order valence-corrected chi connectivity index (χ3v) is 4.48. The number of halogens is 2. The van der Waals surface area contributed by atoms with Crippen molar-refractivity contribution in [3.63, 3.8) is 0 Å². The molecule has 0 bridgehead atoms. The SMILES string of the molecule is Cc1onc(-c2c(F)cccc2Cl)c1C(=O)N1CCCCCC1. The van der Waals surface area contributed by atoms with Crippen molar-refractivity contribution in [1.82, 2.24) is 10.1 Å². The molecule has 0 aliphatic carbocycles. The van der Waals surface area contributed by atoms with Crippen LogP contribution in [-0.2, 0) is 0 Å². The molecule has 2 heterocycles. The maximum Gasteiger partial charge on any atom is 0.259 e. The molecule has 1 aliphatic heterocycles. The van der Waals surface area contributed by atoms with Crippen molar-refractivity contribution in [2.45, 2.75) is 32.6 Å². The van der Waals surface area contributed by atoms with E-state index in [0.717, 1.165) is 25.7 Å². The van der Waals surface area contributed by atoms with Crippen LogP contribution in [0.1, 0.15) is 41.8 Å². The van der Waals surface area contributed by atoms with E-state index in [2.05, 4.69) is 5.16 Å². The van der Waals surface area contributed by atoms with E-state index in [1.807, 2.05) is 0 Å². The fraction of sp³-hybridized carbons (Fsp3) is 0.412. The van der Waals surface area contributed by atoms with Crippen LogP contribution in [0.25, 0.3) is 11.3 Å². The molecule has 122 valence electrons. The van der Waals surface area contributed by atoms with Gasteiger partial charge < -0.3 is 9.42 Å². The van der Waals surface area contributed by atoms with Gasteiger partial charge in [0, 0.05) is 13.1 Å². The first-order valence-electron chi connectivity index (χ1n) is 7.79. The Labute approximate surface area is 139 Å². The lowest BCUT2D eigenvalue weighted by atomic mass is 10.0. The fourth-order valence-corrected chi connectivity index (χ4v) is 3.20. The molecule has 1 aliphatic rings. The van der Waals surface area contributed by atoms with Gasteiger partial charge >= 0.3 is 0 Å². The van der Waals surface area contributed by atoms with Crippen molar-refractivity contribution in [3.8, 4) is 11.3 Å². The number of aromatic nitrogens is 1. The van der Waals surface area contributed by atoms with Crippen LogP contribution in [0.3, 0.4) is 0 Å². The van der Waals surface area contributed by atoms with Crippen LogP contribution >= 0.6 is 11.6 Å². The largest absolute Gasteiger partial charge is 0.360 e. The van der Waals surface area contributed by atoms with E-state index in [4.69, 9.17) is 16.1 Å². The normalized spacial score (nSPS) is 15.5. The highest BCUT2D eigenvalue weighted by Crippen LogP contribution is 2.34. The molecule has 1 saturated heterocycles. The molecule has 4 nitrogen and oxygen atoms in total. The Morgan fingerprint density at radius 3 is 2.61 bits per heavy atom. The van der Waals surface area contributed by atoms with Crippen molar-refractivity contribution in [3.05, 3.63) is 40.4 Å². The molecule has 3 rings (SSSR count). The zero-order valence-electron chi connectivity index (χ0n) is 12.9. The first-order chi connectivity index (χ1) is 11.1. The predicted octanol–water partition coefficient (Wildman–Crippen LogP) is 4.46. The second-order valence-electron chi connectivity index (χ2n) is 5.77. The minimum Gasteiger partial charge on any atom is -0.360 e. The summed E-state index contributed by atoms with van der Waals surface area (Å²) in [6.45, 7) is 3.07. The molecule has 0 radical (unpaired) electrons. The van der Waals surface area contributed by atoms with Gasteiger partial charge in [0.2, 0.25) is 0 Å². The second kappa shape index (κ2) is 6.71. The van der Waals surface area contributed by atoms with Crippen LogP contribution in [0.15, 0.2) is 22.7 Å². The van der Waals surface area contributed by atoms with Gasteiger partial charge in [0.05, 0.1) is 10.6 Å². The Bertz CT molecular complexity index is 701. The second-order valence-corrected chi connectivity index (χ2v) is 6.17. The molecule has 1 aromatic heterocycles. The Morgan fingerprint density at radius 2 is 1.96 bits per heavy atom. The van der Waals surface area contributed by atoms with Crippen LogP contribution in [0.2, 0.25) is 5.02 Å². The fourth-order valence-electron chi connectivity index (χ4n) is 2.95. The molecule has 0 atom stereocenters. The highest BCUT2D eigenvalue weighted by atomic mass is 35.5. The molecule has 6 heteroatoms. The van der Waals surface area contributed by atoms with Gasteiger partial charge in [-0.2, -0.15) is 0 Å². The van der Waals surface area contributed by atoms with Crippen molar-refractivity contribution in [1.29, 1.82) is 0 Å². The molecular weight excluding hydrogens is 319 g/mol. The Balaban J connectivity index is 2.03. The molecule has 0 unspecified atom stereocenters. The Morgan fingerprint density at radius 1 is 1.26 bits per heavy atom. The Hall–Kier alpha value is -1.88. The number of nitrogens with zero attached hydrogens (tertiary/aromatic N) is 2. The number of aryl methyl sites for hydroxylation is 1. The van der Waals surface area contributed by atoms with Crippen molar-refractivity contribution in [2.75, 3.05) is 13.1 Å². The molecule has 23 heavy (non-hydrogen) atoms. The van der Waals surface area contributed by atoms with Crippen LogP contribution in [0.4, 0.5) is 4.39 Å². The van der Waals surface area contributed by atoms with Crippen molar-refractivity contribution in [2.24, 2.45) is 0 Å². The highest BCUT2D eigenvalue weighted by Gasteiger charge is 2.28. The number of hydrogen-bond acceptors (Lipinski definition) is 3. The van der Waals surface area contributed by atoms with Gasteiger partial charge in [-0.05, 0) is 31.9 Å². The molecule has 1 fully saturated rings. The summed E-state index contributed by atoms with van der Waals surface area (Å²) in [6, 6.07) is 4.39. The minimum atomic E-state index is -0.518. The van der Waals surface area contributed by atoms with Crippen molar-refractivity contribution < 1.29 is 13.7 Å². The predicted molar refractivity (Wildman–Crippen MR) is 86.0 cm³/mol. The average molecular weight is 337 g/mol. The molecule has 0 saturated carbocycles. The molecule has 2 aromatic rings. The van der Waals surface area contributed by atoms with Gasteiger partial charge in [-0.1, -0.05) is 35.7 Å². The summed E-state index contributed by atoms with van der Waals surface area (Å²) in [5, 5.41) is 4.11. The van der Waals surface area contributed by atoms with Crippen LogP contribution in [0, 0.1) is 12.7 Å². The summed E-state index contributed by atoms with van der Waals surface area (Å²) in [5.74, 6) is -0.302. The van der Waals surface area contributed by atoms with E-state index in [1.54, 1.807) is 17.9 Å². The van der Waals surface area contributed by atoms with E-state index in [9.17, 15) is 9.18 Å². The van der Waals surface area contributed by atoms with E-state index >= 15 is 0 Å². The number of amides is 1. The van der Waals surface area contributed by atoms with Crippen molar-refractivity contribution >= 4 is 17.5 Å². The molecule has 0 N–H and O–H groups in total. The van der Waals surface area contributed by atoms with Crippen LogP contribution in [0.5, 0.6) is 0 Å². The van der Waals surface area contributed by atoms with Crippen LogP contribution < -0.4 is 0 Å². The van der Waals surface area contributed by atoms with E-state index in [1.165, 1.54) is 12.1 Å². The maximum atomic E-state index is 14.2. The minimum absolute atomic E-state index is 0.115. The highest BCUT2D eigenvalue weighted by molar-refractivity contribution is 6.33. The van der Waals surface area contributed by atoms with Gasteiger partial charge in [-0.15, -0.1) is 0 Å². The lowest BCUT2D eigenvalue weighted by Gasteiger charge is -2.20. The number of carbonyl (C=O) groups is 1. The lowest BCUT2D eigenvalue weighted by molar-refractivity contribution is 0.0760. The monoisotopic (exact) mass is 336 g/mol. The van der Waals surface area contributed by atoms with Gasteiger partial charge in [0.25, 0.3) is 5.91 Å². The molecule has 1 amide bonds. The first-order valence-corrected chi connectivity index (χ1v) is 8.17. The molecule has 0 spiro atoms. The summed E-state index contributed by atoms with van der Waals surface area (Å²) in [5.41, 5.74) is 0.600. The quantitative estimate of drug-likeness (QED) is 0.813. The lowest BCUT2D eigenvalue weighted by Crippen LogP contribution is -2.32.